The molecule has 0 amide bonds. The Hall–Kier alpha value is -4.68. The average Bonchev–Trinajstić information content (AvgIpc) is 3.65. The van der Waals surface area contributed by atoms with E-state index in [0.717, 1.165) is 34.5 Å². The molecule has 10 nitrogen and oxygen atoms in total. The summed E-state index contributed by atoms with van der Waals surface area (Å²) in [5.74, 6) is -7.49. The van der Waals surface area contributed by atoms with E-state index in [4.69, 9.17) is 16.3 Å². The summed E-state index contributed by atoms with van der Waals surface area (Å²) in [6.07, 6.45) is -1.50. The van der Waals surface area contributed by atoms with Gasteiger partial charge in [-0.1, -0.05) is 16.1 Å². The minimum absolute atomic E-state index is 0.0531. The van der Waals surface area contributed by atoms with Crippen LogP contribution in [0.3, 0.4) is 0 Å². The number of anilines is 1. The van der Waals surface area contributed by atoms with Crippen molar-refractivity contribution in [2.75, 3.05) is 4.47 Å². The van der Waals surface area contributed by atoms with E-state index in [1.807, 2.05) is 0 Å². The Bertz CT molecular complexity index is 2020. The molecule has 0 radical (unpaired) electrons. The Morgan fingerprint density at radius 1 is 1.00 bits per heavy atom. The second-order valence-corrected chi connectivity index (χ2v) is 11.7. The Kier molecular flexibility index (Phi) is 8.47. The number of aryl methyl sites for hydroxylation is 1. The molecule has 0 saturated heterocycles. The largest absolute Gasteiger partial charge is 0.493 e. The van der Waals surface area contributed by atoms with Crippen LogP contribution in [0.2, 0.25) is 5.02 Å². The molecule has 0 fully saturated rings. The van der Waals surface area contributed by atoms with Crippen molar-refractivity contribution in [3.05, 3.63) is 88.4 Å². The fraction of sp³-hybridized carbons (Fsp3) is 0.0769. The first-order valence-corrected chi connectivity index (χ1v) is 14.7. The van der Waals surface area contributed by atoms with Gasteiger partial charge in [-0.25, -0.2) is 22.9 Å². The summed E-state index contributed by atoms with van der Waals surface area (Å²) in [7, 11) is -3.77. The third-order valence-corrected chi connectivity index (χ3v) is 8.23. The zero-order chi connectivity index (χ0) is 32.7. The fourth-order valence-electron chi connectivity index (χ4n) is 3.79. The Balaban J connectivity index is 1.54. The van der Waals surface area contributed by atoms with Crippen LogP contribution in [0.5, 0.6) is 11.5 Å². The van der Waals surface area contributed by atoms with Gasteiger partial charge in [-0.15, -0.1) is 11.3 Å². The van der Waals surface area contributed by atoms with Crippen LogP contribution in [0.1, 0.15) is 0 Å². The third-order valence-electron chi connectivity index (χ3n) is 5.80. The number of hydrogen-bond donors (Lipinski definition) is 0. The number of hydrogen-bond acceptors (Lipinski definition) is 9. The number of rotatable bonds is 8. The number of aromatic nitrogens is 4. The van der Waals surface area contributed by atoms with Gasteiger partial charge in [0, 0.05) is 47.4 Å². The first kappa shape index (κ1) is 31.7. The van der Waals surface area contributed by atoms with Crippen molar-refractivity contribution in [3.63, 3.8) is 0 Å². The van der Waals surface area contributed by atoms with E-state index >= 15 is 4.39 Å². The highest BCUT2D eigenvalue weighted by atomic mass is 35.5. The number of pyridine rings is 1. The van der Waals surface area contributed by atoms with Crippen molar-refractivity contribution >= 4 is 44.7 Å². The number of halogens is 7. The van der Waals surface area contributed by atoms with Gasteiger partial charge in [0.2, 0.25) is 0 Å². The zero-order valence-electron chi connectivity index (χ0n) is 22.1. The smallest absolute Gasteiger partial charge is 0.453 e. The second kappa shape index (κ2) is 12.0. The molecule has 0 aliphatic carbocycles. The van der Waals surface area contributed by atoms with Crippen molar-refractivity contribution in [2.45, 2.75) is 11.1 Å². The summed E-state index contributed by atoms with van der Waals surface area (Å²) < 4.78 is 115. The summed E-state index contributed by atoms with van der Waals surface area (Å²) in [6, 6.07) is 5.32. The van der Waals surface area contributed by atoms with Gasteiger partial charge in [0.05, 0.1) is 28.6 Å². The topological polar surface area (TPSA) is 117 Å². The van der Waals surface area contributed by atoms with Gasteiger partial charge in [0.25, 0.3) is 10.0 Å². The molecule has 0 spiro atoms. The number of benzene rings is 2. The van der Waals surface area contributed by atoms with Gasteiger partial charge in [-0.05, 0) is 24.3 Å². The predicted molar refractivity (Wildman–Crippen MR) is 147 cm³/mol. The van der Waals surface area contributed by atoms with E-state index in [-0.39, 0.29) is 22.6 Å². The number of ether oxygens (including phenoxy) is 1. The van der Waals surface area contributed by atoms with Crippen molar-refractivity contribution in [1.29, 1.82) is 0 Å². The molecule has 234 valence electrons. The van der Waals surface area contributed by atoms with Gasteiger partial charge >= 0.3 is 12.1 Å². The number of carbonyl (C=O) groups is 1. The first-order valence-electron chi connectivity index (χ1n) is 12.0. The molecule has 0 saturated carbocycles. The Labute approximate surface area is 258 Å². The molecule has 0 bridgehead atoms. The molecule has 0 N–H and O–H groups in total. The molecule has 2 aromatic carbocycles. The monoisotopic (exact) mass is 689 g/mol. The lowest BCUT2D eigenvalue weighted by Crippen LogP contribution is -2.39. The van der Waals surface area contributed by atoms with Crippen LogP contribution >= 0.6 is 22.9 Å². The minimum atomic E-state index is -5.60. The summed E-state index contributed by atoms with van der Waals surface area (Å²) >= 11 is 6.98. The van der Waals surface area contributed by atoms with Crippen LogP contribution in [0.4, 0.5) is 32.2 Å². The van der Waals surface area contributed by atoms with E-state index in [1.165, 1.54) is 23.0 Å². The van der Waals surface area contributed by atoms with Crippen molar-refractivity contribution < 1.29 is 49.1 Å². The first-order chi connectivity index (χ1) is 21.1. The Morgan fingerprint density at radius 3 is 2.38 bits per heavy atom. The normalized spacial score (nSPS) is 11.8. The predicted octanol–water partition coefficient (Wildman–Crippen LogP) is 6.68. The SMILES string of the molecule is Cn1cc(-c2cc(-c3ccc(F)cc3F)ncc2Oc2cc(F)c(S(=O)(=O)N(OC(=O)C(F)(F)F)c3cscn3)cc2Cl)cn1. The van der Waals surface area contributed by atoms with Crippen LogP contribution < -0.4 is 9.21 Å². The third kappa shape index (κ3) is 6.57. The number of sulfonamides is 1. The second-order valence-electron chi connectivity index (χ2n) is 8.86. The molecule has 5 rings (SSSR count). The molecular formula is C26H14ClF6N5O5S2. The lowest BCUT2D eigenvalue weighted by atomic mass is 10.0. The minimum Gasteiger partial charge on any atom is -0.453 e. The van der Waals surface area contributed by atoms with E-state index in [9.17, 15) is 35.2 Å². The molecule has 0 aliphatic heterocycles. The van der Waals surface area contributed by atoms with Gasteiger partial charge in [0.15, 0.2) is 11.6 Å². The van der Waals surface area contributed by atoms with Gasteiger partial charge < -0.3 is 9.57 Å². The fourth-order valence-corrected chi connectivity index (χ4v) is 5.90. The van der Waals surface area contributed by atoms with Gasteiger partial charge in [0.1, 0.15) is 28.1 Å². The van der Waals surface area contributed by atoms with Crippen molar-refractivity contribution in [1.82, 2.24) is 19.7 Å². The lowest BCUT2D eigenvalue weighted by Gasteiger charge is -2.21. The molecule has 5 aromatic rings. The van der Waals surface area contributed by atoms with E-state index < -0.39 is 65.6 Å². The number of carbonyl (C=O) groups excluding carboxylic acids is 1. The van der Waals surface area contributed by atoms with E-state index in [1.54, 1.807) is 13.2 Å². The van der Waals surface area contributed by atoms with Crippen LogP contribution in [0.15, 0.2) is 70.8 Å². The van der Waals surface area contributed by atoms with Crippen LogP contribution in [0, 0.1) is 17.5 Å². The lowest BCUT2D eigenvalue weighted by molar-refractivity contribution is -0.199. The van der Waals surface area contributed by atoms with Crippen molar-refractivity contribution in [2.24, 2.45) is 7.05 Å². The Morgan fingerprint density at radius 2 is 1.76 bits per heavy atom. The quantitative estimate of drug-likeness (QED) is 0.131. The molecule has 0 aliphatic rings. The highest BCUT2D eigenvalue weighted by Crippen LogP contribution is 2.40. The maximum absolute atomic E-state index is 15.4. The maximum Gasteiger partial charge on any atom is 0.493 e. The molecule has 3 heterocycles. The summed E-state index contributed by atoms with van der Waals surface area (Å²) in [4.78, 5) is 21.9. The molecule has 0 unspecified atom stereocenters. The average molecular weight is 690 g/mol. The standard InChI is InChI=1S/C26H14ClF6N5O5S2/c1-37-10-13(8-36-37)16-5-20(15-3-2-14(28)4-18(15)29)34-9-22(16)42-21-7-19(30)23(6-17(21)27)45(40,41)38(24-11-44-12-35-24)43-25(39)26(31,32)33/h2-12H,1H3. The summed E-state index contributed by atoms with van der Waals surface area (Å²) in [5.41, 5.74) is 1.69. The molecule has 3 aromatic heterocycles. The van der Waals surface area contributed by atoms with Gasteiger partial charge in [-0.3, -0.25) is 9.67 Å². The number of nitrogens with zero attached hydrogens (tertiary/aromatic N) is 5. The van der Waals surface area contributed by atoms with Gasteiger partial charge in [-0.2, -0.15) is 26.7 Å². The van der Waals surface area contributed by atoms with Crippen LogP contribution in [-0.2, 0) is 26.7 Å². The molecular weight excluding hydrogens is 676 g/mol. The van der Waals surface area contributed by atoms with Crippen molar-refractivity contribution in [3.8, 4) is 33.9 Å². The van der Waals surface area contributed by atoms with E-state index in [0.29, 0.717) is 23.8 Å². The maximum atomic E-state index is 15.4. The number of thiazole rings is 1. The zero-order valence-corrected chi connectivity index (χ0v) is 24.5. The van der Waals surface area contributed by atoms with Crippen LogP contribution in [0.25, 0.3) is 22.4 Å². The summed E-state index contributed by atoms with van der Waals surface area (Å²) in [5, 5.41) is 4.46. The molecule has 0 atom stereocenters. The molecule has 19 heteroatoms. The summed E-state index contributed by atoms with van der Waals surface area (Å²) in [6.45, 7) is 0. The highest BCUT2D eigenvalue weighted by Gasteiger charge is 2.46. The highest BCUT2D eigenvalue weighted by molar-refractivity contribution is 7.92. The van der Waals surface area contributed by atoms with Crippen LogP contribution in [-0.4, -0.2) is 40.3 Å². The number of alkyl halides is 3. The molecule has 45 heavy (non-hydrogen) atoms. The van der Waals surface area contributed by atoms with E-state index in [2.05, 4.69) is 19.9 Å².